The fraction of sp³-hybridized carbons (Fsp3) is 0.375. The lowest BCUT2D eigenvalue weighted by molar-refractivity contribution is 0.638. The molecule has 0 fully saturated rings. The van der Waals surface area contributed by atoms with Gasteiger partial charge in [-0.05, 0) is 0 Å². The summed E-state index contributed by atoms with van der Waals surface area (Å²) in [6, 6.07) is 0. The van der Waals surface area contributed by atoms with E-state index in [4.69, 9.17) is 0 Å². The Morgan fingerprint density at radius 3 is 3.00 bits per heavy atom. The van der Waals surface area contributed by atoms with Gasteiger partial charge in [-0.2, -0.15) is 0 Å². The summed E-state index contributed by atoms with van der Waals surface area (Å²) in [6.07, 6.45) is 10.7. The van der Waals surface area contributed by atoms with Crippen LogP contribution in [0.1, 0.15) is 0 Å². The molecule has 2 aliphatic rings. The van der Waals surface area contributed by atoms with Crippen molar-refractivity contribution < 1.29 is 0 Å². The van der Waals surface area contributed by atoms with E-state index in [1.807, 2.05) is 6.21 Å². The number of hydrogen-bond acceptors (Lipinski definition) is 1. The molecule has 1 aliphatic carbocycles. The molecule has 1 heteroatoms. The Labute approximate surface area is 54.8 Å². The molecule has 0 spiro atoms. The van der Waals surface area contributed by atoms with Crippen molar-refractivity contribution in [3.8, 4) is 0 Å². The first-order valence-electron chi connectivity index (χ1n) is 3.32. The fourth-order valence-electron chi connectivity index (χ4n) is 1.32. The molecule has 2 unspecified atom stereocenters. The molecule has 0 aromatic rings. The average molecular weight is 119 g/mol. The summed E-state index contributed by atoms with van der Waals surface area (Å²) in [5.41, 5.74) is 0. The molecule has 0 saturated heterocycles. The number of allylic oxidation sites excluding steroid dienone is 3. The smallest absolute Gasteiger partial charge is 0.0457 e. The Morgan fingerprint density at radius 1 is 1.22 bits per heavy atom. The predicted molar refractivity (Wildman–Crippen MR) is 38.6 cm³/mol. The number of aliphatic imine (C=N–C) groups is 1. The first kappa shape index (κ1) is 4.98. The second-order valence-corrected chi connectivity index (χ2v) is 2.53. The van der Waals surface area contributed by atoms with E-state index in [0.717, 1.165) is 6.54 Å². The monoisotopic (exact) mass is 119 g/mol. The van der Waals surface area contributed by atoms with Gasteiger partial charge in [0.1, 0.15) is 0 Å². The van der Waals surface area contributed by atoms with Crippen LogP contribution in [0.5, 0.6) is 0 Å². The van der Waals surface area contributed by atoms with Crippen molar-refractivity contribution in [1.82, 2.24) is 0 Å². The van der Waals surface area contributed by atoms with E-state index in [1.54, 1.807) is 0 Å². The van der Waals surface area contributed by atoms with Crippen LogP contribution in [-0.4, -0.2) is 12.8 Å². The SMILES string of the molecule is C1=CC2C=NCC2C=C1. The highest BCUT2D eigenvalue weighted by atomic mass is 14.8. The summed E-state index contributed by atoms with van der Waals surface area (Å²) in [5, 5.41) is 0. The molecule has 0 aromatic heterocycles. The first-order valence-corrected chi connectivity index (χ1v) is 3.32. The first-order chi connectivity index (χ1) is 4.47. The summed E-state index contributed by atoms with van der Waals surface area (Å²) >= 11 is 0. The largest absolute Gasteiger partial charge is 0.296 e. The third-order valence-corrected chi connectivity index (χ3v) is 1.89. The maximum atomic E-state index is 4.20. The van der Waals surface area contributed by atoms with Crippen molar-refractivity contribution in [2.24, 2.45) is 16.8 Å². The molecule has 0 radical (unpaired) electrons. The van der Waals surface area contributed by atoms with Gasteiger partial charge in [0.25, 0.3) is 0 Å². The van der Waals surface area contributed by atoms with Gasteiger partial charge in [0.05, 0.1) is 0 Å². The van der Waals surface area contributed by atoms with E-state index < -0.39 is 0 Å². The van der Waals surface area contributed by atoms with Crippen molar-refractivity contribution in [2.75, 3.05) is 6.54 Å². The number of fused-ring (bicyclic) bond motifs is 1. The predicted octanol–water partition coefficient (Wildman–Crippen LogP) is 1.43. The third kappa shape index (κ3) is 0.727. The van der Waals surface area contributed by atoms with Crippen LogP contribution in [0.3, 0.4) is 0 Å². The van der Waals surface area contributed by atoms with Crippen molar-refractivity contribution >= 4 is 6.21 Å². The second kappa shape index (κ2) is 1.83. The minimum Gasteiger partial charge on any atom is -0.296 e. The molecule has 9 heavy (non-hydrogen) atoms. The highest BCUT2D eigenvalue weighted by Crippen LogP contribution is 2.22. The Morgan fingerprint density at radius 2 is 2.11 bits per heavy atom. The highest BCUT2D eigenvalue weighted by Gasteiger charge is 2.19. The zero-order valence-corrected chi connectivity index (χ0v) is 5.20. The lowest BCUT2D eigenvalue weighted by Crippen LogP contribution is -2.09. The molecule has 0 saturated carbocycles. The van der Waals surface area contributed by atoms with Crippen LogP contribution in [-0.2, 0) is 0 Å². The van der Waals surface area contributed by atoms with Gasteiger partial charge in [0.2, 0.25) is 0 Å². The summed E-state index contributed by atoms with van der Waals surface area (Å²) in [4.78, 5) is 4.20. The quantitative estimate of drug-likeness (QED) is 0.457. The van der Waals surface area contributed by atoms with Gasteiger partial charge in [-0.25, -0.2) is 0 Å². The number of rotatable bonds is 0. The Hall–Kier alpha value is -0.850. The Balaban J connectivity index is 2.25. The molecule has 2 atom stereocenters. The minimum absolute atomic E-state index is 0.606. The van der Waals surface area contributed by atoms with Gasteiger partial charge < -0.3 is 0 Å². The Bertz CT molecular complexity index is 189. The number of hydrogen-bond donors (Lipinski definition) is 0. The zero-order valence-electron chi connectivity index (χ0n) is 5.20. The van der Waals surface area contributed by atoms with Gasteiger partial charge >= 0.3 is 0 Å². The van der Waals surface area contributed by atoms with E-state index >= 15 is 0 Å². The van der Waals surface area contributed by atoms with Gasteiger partial charge in [-0.3, -0.25) is 4.99 Å². The summed E-state index contributed by atoms with van der Waals surface area (Å²) in [5.74, 6) is 1.28. The van der Waals surface area contributed by atoms with Crippen LogP contribution in [0.15, 0.2) is 29.3 Å². The molecular formula is C8H9N. The summed E-state index contributed by atoms with van der Waals surface area (Å²) < 4.78 is 0. The molecule has 0 N–H and O–H groups in total. The van der Waals surface area contributed by atoms with Crippen LogP contribution in [0, 0.1) is 11.8 Å². The van der Waals surface area contributed by atoms with Gasteiger partial charge in [-0.1, -0.05) is 24.3 Å². The van der Waals surface area contributed by atoms with Crippen molar-refractivity contribution in [2.45, 2.75) is 0 Å². The molecular weight excluding hydrogens is 110 g/mol. The average Bonchev–Trinajstić information content (AvgIpc) is 2.33. The summed E-state index contributed by atoms with van der Waals surface area (Å²) in [6.45, 7) is 0.992. The lowest BCUT2D eigenvalue weighted by atomic mass is 9.92. The standard InChI is InChI=1S/C8H9N/c1-2-4-8-6-9-5-7(8)3-1/h1-5,7-8H,6H2. The molecule has 0 bridgehead atoms. The van der Waals surface area contributed by atoms with Crippen LogP contribution < -0.4 is 0 Å². The maximum absolute atomic E-state index is 4.20. The third-order valence-electron chi connectivity index (χ3n) is 1.89. The molecule has 46 valence electrons. The van der Waals surface area contributed by atoms with Crippen LogP contribution in [0.2, 0.25) is 0 Å². The van der Waals surface area contributed by atoms with Gasteiger partial charge in [0, 0.05) is 24.6 Å². The lowest BCUT2D eigenvalue weighted by Gasteiger charge is -2.11. The van der Waals surface area contributed by atoms with Gasteiger partial charge in [-0.15, -0.1) is 0 Å². The molecule has 1 heterocycles. The van der Waals surface area contributed by atoms with E-state index in [9.17, 15) is 0 Å². The fourth-order valence-corrected chi connectivity index (χ4v) is 1.32. The van der Waals surface area contributed by atoms with E-state index in [0.29, 0.717) is 11.8 Å². The number of nitrogens with zero attached hydrogens (tertiary/aromatic N) is 1. The van der Waals surface area contributed by atoms with E-state index in [2.05, 4.69) is 29.3 Å². The zero-order chi connectivity index (χ0) is 6.10. The van der Waals surface area contributed by atoms with Crippen LogP contribution >= 0.6 is 0 Å². The minimum atomic E-state index is 0.606. The Kier molecular flexibility index (Phi) is 1.01. The van der Waals surface area contributed by atoms with Crippen LogP contribution in [0.4, 0.5) is 0 Å². The highest BCUT2D eigenvalue weighted by molar-refractivity contribution is 5.67. The van der Waals surface area contributed by atoms with Crippen LogP contribution in [0.25, 0.3) is 0 Å². The molecule has 0 aromatic carbocycles. The van der Waals surface area contributed by atoms with Crippen molar-refractivity contribution in [3.05, 3.63) is 24.3 Å². The van der Waals surface area contributed by atoms with E-state index in [1.165, 1.54) is 0 Å². The maximum Gasteiger partial charge on any atom is 0.0457 e. The molecule has 0 amide bonds. The topological polar surface area (TPSA) is 12.4 Å². The molecule has 1 nitrogen and oxygen atoms in total. The van der Waals surface area contributed by atoms with Crippen molar-refractivity contribution in [1.29, 1.82) is 0 Å². The normalized spacial score (nSPS) is 37.3. The van der Waals surface area contributed by atoms with Crippen molar-refractivity contribution in [3.63, 3.8) is 0 Å². The second-order valence-electron chi connectivity index (χ2n) is 2.53. The van der Waals surface area contributed by atoms with Gasteiger partial charge in [0.15, 0.2) is 0 Å². The molecule has 2 rings (SSSR count). The molecule has 1 aliphatic heterocycles. The van der Waals surface area contributed by atoms with E-state index in [-0.39, 0.29) is 0 Å². The summed E-state index contributed by atoms with van der Waals surface area (Å²) in [7, 11) is 0.